The predicted molar refractivity (Wildman–Crippen MR) is 81.8 cm³/mol. The molecule has 4 unspecified atom stereocenters. The Labute approximate surface area is 121 Å². The predicted octanol–water partition coefficient (Wildman–Crippen LogP) is 2.58. The standard InChI is InChI=1S/C15H26N2OS/c1-3-17(9-10(2)15(16)19)14(18)8-13-7-11-4-5-12(13)6-11/h10-13H,3-9H2,1-2H3,(H2,16,19). The maximum atomic E-state index is 12.4. The highest BCUT2D eigenvalue weighted by Gasteiger charge is 2.40. The molecule has 2 rings (SSSR count). The zero-order valence-corrected chi connectivity index (χ0v) is 12.9. The average molecular weight is 282 g/mol. The van der Waals surface area contributed by atoms with E-state index in [2.05, 4.69) is 0 Å². The lowest BCUT2D eigenvalue weighted by Gasteiger charge is -2.28. The molecule has 2 aliphatic rings. The smallest absolute Gasteiger partial charge is 0.222 e. The van der Waals surface area contributed by atoms with Crippen molar-refractivity contribution in [2.45, 2.75) is 46.0 Å². The van der Waals surface area contributed by atoms with Crippen molar-refractivity contribution in [3.05, 3.63) is 0 Å². The average Bonchev–Trinajstić information content (AvgIpc) is 2.97. The number of hydrogen-bond donors (Lipinski definition) is 1. The summed E-state index contributed by atoms with van der Waals surface area (Å²) >= 11 is 5.00. The largest absolute Gasteiger partial charge is 0.393 e. The van der Waals surface area contributed by atoms with Crippen LogP contribution in [0.4, 0.5) is 0 Å². The van der Waals surface area contributed by atoms with Gasteiger partial charge in [-0.2, -0.15) is 0 Å². The van der Waals surface area contributed by atoms with Crippen LogP contribution >= 0.6 is 12.2 Å². The van der Waals surface area contributed by atoms with Crippen LogP contribution in [0.2, 0.25) is 0 Å². The Morgan fingerprint density at radius 2 is 2.16 bits per heavy atom. The van der Waals surface area contributed by atoms with Crippen LogP contribution in [0.15, 0.2) is 0 Å². The van der Waals surface area contributed by atoms with Gasteiger partial charge in [0.15, 0.2) is 0 Å². The van der Waals surface area contributed by atoms with E-state index in [4.69, 9.17) is 18.0 Å². The topological polar surface area (TPSA) is 46.3 Å². The van der Waals surface area contributed by atoms with Crippen LogP contribution in [0, 0.1) is 23.7 Å². The number of fused-ring (bicyclic) bond motifs is 2. The molecule has 0 spiro atoms. The van der Waals surface area contributed by atoms with Crippen LogP contribution in [0.3, 0.4) is 0 Å². The summed E-state index contributed by atoms with van der Waals surface area (Å²) in [6.07, 6.45) is 6.12. The van der Waals surface area contributed by atoms with Crippen molar-refractivity contribution >= 4 is 23.1 Å². The van der Waals surface area contributed by atoms with Gasteiger partial charge in [-0.25, -0.2) is 0 Å². The summed E-state index contributed by atoms with van der Waals surface area (Å²) in [4.78, 5) is 14.8. The molecule has 108 valence electrons. The Morgan fingerprint density at radius 1 is 1.42 bits per heavy atom. The first-order valence-corrected chi connectivity index (χ1v) is 7.99. The lowest BCUT2D eigenvalue weighted by molar-refractivity contribution is -0.132. The molecule has 2 N–H and O–H groups in total. The Hall–Kier alpha value is -0.640. The zero-order chi connectivity index (χ0) is 14.0. The number of hydrogen-bond acceptors (Lipinski definition) is 2. The first-order chi connectivity index (χ1) is 9.01. The van der Waals surface area contributed by atoms with Crippen molar-refractivity contribution in [3.63, 3.8) is 0 Å². The number of thiocarbonyl (C=S) groups is 1. The van der Waals surface area contributed by atoms with E-state index < -0.39 is 0 Å². The van der Waals surface area contributed by atoms with Gasteiger partial charge < -0.3 is 10.6 Å². The Kier molecular flexibility index (Phi) is 4.82. The summed E-state index contributed by atoms with van der Waals surface area (Å²) in [7, 11) is 0. The van der Waals surface area contributed by atoms with Crippen LogP contribution in [0.1, 0.15) is 46.0 Å². The van der Waals surface area contributed by atoms with Crippen molar-refractivity contribution in [2.24, 2.45) is 29.4 Å². The number of rotatable bonds is 6. The van der Waals surface area contributed by atoms with Crippen molar-refractivity contribution in [1.82, 2.24) is 4.90 Å². The first kappa shape index (κ1) is 14.8. The van der Waals surface area contributed by atoms with E-state index >= 15 is 0 Å². The molecule has 2 saturated carbocycles. The maximum Gasteiger partial charge on any atom is 0.222 e. The minimum atomic E-state index is 0.110. The monoisotopic (exact) mass is 282 g/mol. The molecule has 4 atom stereocenters. The molecule has 0 saturated heterocycles. The minimum Gasteiger partial charge on any atom is -0.393 e. The van der Waals surface area contributed by atoms with Crippen LogP contribution in [0.25, 0.3) is 0 Å². The Balaban J connectivity index is 1.85. The summed E-state index contributed by atoms with van der Waals surface area (Å²) in [6, 6.07) is 0. The minimum absolute atomic E-state index is 0.110. The molecule has 19 heavy (non-hydrogen) atoms. The van der Waals surface area contributed by atoms with E-state index in [0.717, 1.165) is 24.8 Å². The van der Waals surface area contributed by atoms with E-state index in [1.165, 1.54) is 25.7 Å². The van der Waals surface area contributed by atoms with Crippen LogP contribution in [-0.4, -0.2) is 28.9 Å². The molecule has 0 aromatic rings. The van der Waals surface area contributed by atoms with E-state index in [1.807, 2.05) is 18.7 Å². The SMILES string of the molecule is CCN(CC(C)C(N)=S)C(=O)CC1CC2CCC1C2. The third-order valence-electron chi connectivity index (χ3n) is 5.04. The van der Waals surface area contributed by atoms with Gasteiger partial charge in [-0.15, -0.1) is 0 Å². The second kappa shape index (κ2) is 6.21. The van der Waals surface area contributed by atoms with Crippen LogP contribution in [0.5, 0.6) is 0 Å². The highest BCUT2D eigenvalue weighted by molar-refractivity contribution is 7.80. The van der Waals surface area contributed by atoms with Crippen molar-refractivity contribution < 1.29 is 4.79 Å². The lowest BCUT2D eigenvalue weighted by atomic mass is 9.86. The number of nitrogens with zero attached hydrogens (tertiary/aromatic N) is 1. The van der Waals surface area contributed by atoms with Crippen molar-refractivity contribution in [2.75, 3.05) is 13.1 Å². The summed E-state index contributed by atoms with van der Waals surface area (Å²) < 4.78 is 0. The summed E-state index contributed by atoms with van der Waals surface area (Å²) in [6.45, 7) is 5.46. The third-order valence-corrected chi connectivity index (χ3v) is 5.44. The van der Waals surface area contributed by atoms with Gasteiger partial charge in [0.25, 0.3) is 0 Å². The van der Waals surface area contributed by atoms with E-state index in [-0.39, 0.29) is 5.92 Å². The molecule has 2 aliphatic carbocycles. The first-order valence-electron chi connectivity index (χ1n) is 7.58. The van der Waals surface area contributed by atoms with Gasteiger partial charge in [-0.05, 0) is 43.9 Å². The molecule has 0 aromatic carbocycles. The third kappa shape index (κ3) is 3.47. The normalized spacial score (nSPS) is 30.3. The molecule has 4 heteroatoms. The maximum absolute atomic E-state index is 12.4. The molecule has 2 bridgehead atoms. The second-order valence-electron chi connectivity index (χ2n) is 6.37. The highest BCUT2D eigenvalue weighted by atomic mass is 32.1. The fourth-order valence-electron chi connectivity index (χ4n) is 3.81. The summed E-state index contributed by atoms with van der Waals surface area (Å²) in [5.74, 6) is 2.77. The zero-order valence-electron chi connectivity index (χ0n) is 12.1. The fourth-order valence-corrected chi connectivity index (χ4v) is 3.88. The van der Waals surface area contributed by atoms with Crippen molar-refractivity contribution in [3.8, 4) is 0 Å². The van der Waals surface area contributed by atoms with Crippen LogP contribution < -0.4 is 5.73 Å². The van der Waals surface area contributed by atoms with Gasteiger partial charge >= 0.3 is 0 Å². The van der Waals surface area contributed by atoms with Crippen LogP contribution in [-0.2, 0) is 4.79 Å². The molecular formula is C15H26N2OS. The van der Waals surface area contributed by atoms with Gasteiger partial charge in [0, 0.05) is 25.4 Å². The van der Waals surface area contributed by atoms with Gasteiger partial charge in [-0.1, -0.05) is 25.6 Å². The van der Waals surface area contributed by atoms with E-state index in [1.54, 1.807) is 0 Å². The quantitative estimate of drug-likeness (QED) is 0.762. The van der Waals surface area contributed by atoms with Gasteiger partial charge in [-0.3, -0.25) is 4.79 Å². The van der Waals surface area contributed by atoms with E-state index in [9.17, 15) is 4.79 Å². The Morgan fingerprint density at radius 3 is 2.63 bits per heavy atom. The van der Waals surface area contributed by atoms with Crippen molar-refractivity contribution in [1.29, 1.82) is 0 Å². The highest BCUT2D eigenvalue weighted by Crippen LogP contribution is 2.49. The summed E-state index contributed by atoms with van der Waals surface area (Å²) in [5, 5.41) is 0. The molecule has 0 aliphatic heterocycles. The van der Waals surface area contributed by atoms with Gasteiger partial charge in [0.05, 0.1) is 4.99 Å². The number of carbonyl (C=O) groups excluding carboxylic acids is 1. The number of amides is 1. The molecule has 3 nitrogen and oxygen atoms in total. The molecule has 0 heterocycles. The van der Waals surface area contributed by atoms with E-state index in [0.29, 0.717) is 23.4 Å². The molecule has 1 amide bonds. The molecule has 2 fully saturated rings. The van der Waals surface area contributed by atoms with Gasteiger partial charge in [0.1, 0.15) is 0 Å². The number of nitrogens with two attached hydrogens (primary N) is 1. The Bertz CT molecular complexity index is 358. The molecule has 0 aromatic heterocycles. The van der Waals surface area contributed by atoms with Gasteiger partial charge in [0.2, 0.25) is 5.91 Å². The fraction of sp³-hybridized carbons (Fsp3) is 0.867. The summed E-state index contributed by atoms with van der Waals surface area (Å²) in [5.41, 5.74) is 5.65. The number of carbonyl (C=O) groups is 1. The molecular weight excluding hydrogens is 256 g/mol. The molecule has 0 radical (unpaired) electrons. The second-order valence-corrected chi connectivity index (χ2v) is 6.85. The lowest BCUT2D eigenvalue weighted by Crippen LogP contribution is -2.39.